The molecule has 0 fully saturated rings. The average molecular weight is 115 g/mol. The molecule has 0 amide bonds. The fraction of sp³-hybridized carbons (Fsp3) is 1.00. The highest BCUT2D eigenvalue weighted by Crippen LogP contribution is 1.99. The van der Waals surface area contributed by atoms with E-state index < -0.39 is 0 Å². The zero-order valence-electron chi connectivity index (χ0n) is 6.44. The second-order valence-corrected chi connectivity index (χ2v) is 2.78. The van der Waals surface area contributed by atoms with Crippen molar-refractivity contribution in [1.29, 1.82) is 0 Å². The van der Waals surface area contributed by atoms with Gasteiger partial charge in [-0.2, -0.15) is 0 Å². The van der Waals surface area contributed by atoms with Crippen molar-refractivity contribution < 1.29 is 0 Å². The molecule has 0 spiro atoms. The molecule has 0 heterocycles. The maximum Gasteiger partial charge on any atom is 0.0000818 e. The van der Waals surface area contributed by atoms with E-state index in [1.54, 1.807) is 0 Å². The summed E-state index contributed by atoms with van der Waals surface area (Å²) in [6.07, 6.45) is 1.29. The molecule has 0 aromatic carbocycles. The van der Waals surface area contributed by atoms with Crippen LogP contribution in [0.3, 0.4) is 0 Å². The Morgan fingerprint density at radius 1 is 1.38 bits per heavy atom. The SMILES string of the molecule is CC[C@H](C)CN(C)C. The number of nitrogens with zero attached hydrogens (tertiary/aromatic N) is 1. The molecule has 0 N–H and O–H groups in total. The van der Waals surface area contributed by atoms with Crippen LogP contribution in [0.25, 0.3) is 0 Å². The van der Waals surface area contributed by atoms with Gasteiger partial charge < -0.3 is 4.90 Å². The van der Waals surface area contributed by atoms with Crippen LogP contribution in [0.4, 0.5) is 0 Å². The maximum absolute atomic E-state index is 2.28. The first-order valence-electron chi connectivity index (χ1n) is 3.31. The molecule has 0 bridgehead atoms. The summed E-state index contributed by atoms with van der Waals surface area (Å²) in [6.45, 7) is 5.73. The van der Waals surface area contributed by atoms with E-state index in [1.165, 1.54) is 13.0 Å². The predicted molar refractivity (Wildman–Crippen MR) is 38.0 cm³/mol. The summed E-state index contributed by atoms with van der Waals surface area (Å²) < 4.78 is 0. The van der Waals surface area contributed by atoms with Gasteiger partial charge in [-0.1, -0.05) is 20.3 Å². The largest absolute Gasteiger partial charge is 0.309 e. The molecular formula is C7H17N. The second kappa shape index (κ2) is 3.90. The molecule has 1 heteroatoms. The molecule has 0 saturated carbocycles. The van der Waals surface area contributed by atoms with Gasteiger partial charge in [-0.15, -0.1) is 0 Å². The number of hydrogen-bond donors (Lipinski definition) is 0. The fourth-order valence-corrected chi connectivity index (χ4v) is 0.752. The van der Waals surface area contributed by atoms with Crippen molar-refractivity contribution in [2.45, 2.75) is 20.3 Å². The Balaban J connectivity index is 3.10. The van der Waals surface area contributed by atoms with Crippen LogP contribution in [-0.4, -0.2) is 25.5 Å². The molecule has 1 atom stereocenters. The van der Waals surface area contributed by atoms with Gasteiger partial charge in [-0.3, -0.25) is 0 Å². The summed E-state index contributed by atoms with van der Waals surface area (Å²) in [5.41, 5.74) is 0. The van der Waals surface area contributed by atoms with Gasteiger partial charge in [0, 0.05) is 6.54 Å². The van der Waals surface area contributed by atoms with E-state index in [-0.39, 0.29) is 0 Å². The molecular weight excluding hydrogens is 98.1 g/mol. The van der Waals surface area contributed by atoms with Crippen LogP contribution in [0.1, 0.15) is 20.3 Å². The zero-order chi connectivity index (χ0) is 6.57. The van der Waals surface area contributed by atoms with E-state index in [2.05, 4.69) is 32.8 Å². The van der Waals surface area contributed by atoms with Gasteiger partial charge in [-0.25, -0.2) is 0 Å². The molecule has 8 heavy (non-hydrogen) atoms. The molecule has 0 radical (unpaired) electrons. The molecule has 0 saturated heterocycles. The van der Waals surface area contributed by atoms with Crippen LogP contribution < -0.4 is 0 Å². The quantitative estimate of drug-likeness (QED) is 0.540. The smallest absolute Gasteiger partial charge is 0.0000818 e. The first kappa shape index (κ1) is 7.96. The molecule has 1 nitrogen and oxygen atoms in total. The van der Waals surface area contributed by atoms with Crippen LogP contribution in [0.5, 0.6) is 0 Å². The predicted octanol–water partition coefficient (Wildman–Crippen LogP) is 1.59. The second-order valence-electron chi connectivity index (χ2n) is 2.78. The Morgan fingerprint density at radius 2 is 1.88 bits per heavy atom. The first-order chi connectivity index (χ1) is 3.66. The summed E-state index contributed by atoms with van der Waals surface area (Å²) in [4.78, 5) is 2.23. The molecule has 0 aromatic rings. The number of hydrogen-bond acceptors (Lipinski definition) is 1. The molecule has 0 aromatic heterocycles. The van der Waals surface area contributed by atoms with Crippen LogP contribution in [0, 0.1) is 5.92 Å². The Kier molecular flexibility index (Phi) is 3.88. The van der Waals surface area contributed by atoms with Crippen LogP contribution in [0.2, 0.25) is 0 Å². The monoisotopic (exact) mass is 115 g/mol. The maximum atomic E-state index is 2.28. The Bertz CT molecular complexity index is 50.3. The minimum absolute atomic E-state index is 0.852. The van der Waals surface area contributed by atoms with Crippen LogP contribution >= 0.6 is 0 Å². The van der Waals surface area contributed by atoms with Crippen molar-refractivity contribution in [3.63, 3.8) is 0 Å². The van der Waals surface area contributed by atoms with Gasteiger partial charge in [0.15, 0.2) is 0 Å². The molecule has 50 valence electrons. The summed E-state index contributed by atoms with van der Waals surface area (Å²) in [6, 6.07) is 0. The highest BCUT2D eigenvalue weighted by Gasteiger charge is 1.97. The normalized spacial score (nSPS) is 14.6. The van der Waals surface area contributed by atoms with Crippen molar-refractivity contribution in [2.24, 2.45) is 5.92 Å². The third-order valence-corrected chi connectivity index (χ3v) is 1.37. The number of rotatable bonds is 3. The summed E-state index contributed by atoms with van der Waals surface area (Å²) >= 11 is 0. The highest BCUT2D eigenvalue weighted by molar-refractivity contribution is 4.51. The topological polar surface area (TPSA) is 3.24 Å². The van der Waals surface area contributed by atoms with Crippen molar-refractivity contribution in [3.8, 4) is 0 Å². The third kappa shape index (κ3) is 4.13. The van der Waals surface area contributed by atoms with E-state index in [4.69, 9.17) is 0 Å². The minimum Gasteiger partial charge on any atom is -0.309 e. The van der Waals surface area contributed by atoms with Gasteiger partial charge in [-0.05, 0) is 20.0 Å². The van der Waals surface area contributed by atoms with Crippen LogP contribution in [-0.2, 0) is 0 Å². The first-order valence-corrected chi connectivity index (χ1v) is 3.31. The molecule has 0 unspecified atom stereocenters. The average Bonchev–Trinajstić information content (AvgIpc) is 1.65. The molecule has 0 rings (SSSR count). The van der Waals surface area contributed by atoms with E-state index in [0.717, 1.165) is 5.92 Å². The van der Waals surface area contributed by atoms with Gasteiger partial charge in [0.2, 0.25) is 0 Å². The van der Waals surface area contributed by atoms with Crippen LogP contribution in [0.15, 0.2) is 0 Å². The van der Waals surface area contributed by atoms with Crippen molar-refractivity contribution in [1.82, 2.24) is 4.90 Å². The lowest BCUT2D eigenvalue weighted by atomic mass is 10.1. The Morgan fingerprint density at radius 3 is 2.00 bits per heavy atom. The lowest BCUT2D eigenvalue weighted by Gasteiger charge is -2.13. The zero-order valence-corrected chi connectivity index (χ0v) is 6.44. The third-order valence-electron chi connectivity index (χ3n) is 1.37. The van der Waals surface area contributed by atoms with E-state index in [0.29, 0.717) is 0 Å². The lowest BCUT2D eigenvalue weighted by Crippen LogP contribution is -2.18. The molecule has 0 aliphatic rings. The van der Waals surface area contributed by atoms with E-state index >= 15 is 0 Å². The van der Waals surface area contributed by atoms with Crippen molar-refractivity contribution in [3.05, 3.63) is 0 Å². The fourth-order valence-electron chi connectivity index (χ4n) is 0.752. The van der Waals surface area contributed by atoms with Gasteiger partial charge in [0.1, 0.15) is 0 Å². The van der Waals surface area contributed by atoms with Crippen molar-refractivity contribution in [2.75, 3.05) is 20.6 Å². The highest BCUT2D eigenvalue weighted by atomic mass is 15.0. The Hall–Kier alpha value is -0.0400. The van der Waals surface area contributed by atoms with E-state index in [9.17, 15) is 0 Å². The van der Waals surface area contributed by atoms with Gasteiger partial charge >= 0.3 is 0 Å². The van der Waals surface area contributed by atoms with Crippen molar-refractivity contribution >= 4 is 0 Å². The summed E-state index contributed by atoms with van der Waals surface area (Å²) in [5, 5.41) is 0. The van der Waals surface area contributed by atoms with Gasteiger partial charge in [0.05, 0.1) is 0 Å². The summed E-state index contributed by atoms with van der Waals surface area (Å²) in [5.74, 6) is 0.852. The Labute approximate surface area is 52.7 Å². The molecule has 0 aliphatic heterocycles. The summed E-state index contributed by atoms with van der Waals surface area (Å²) in [7, 11) is 4.23. The van der Waals surface area contributed by atoms with E-state index in [1.807, 2.05) is 0 Å². The van der Waals surface area contributed by atoms with Gasteiger partial charge in [0.25, 0.3) is 0 Å². The lowest BCUT2D eigenvalue weighted by molar-refractivity contribution is 0.334. The minimum atomic E-state index is 0.852. The standard InChI is InChI=1S/C7H17N/c1-5-7(2)6-8(3)4/h7H,5-6H2,1-4H3/t7-/m0/s1. The molecule has 0 aliphatic carbocycles.